The molecule has 0 spiro atoms. The molecule has 3 rings (SSSR count). The number of hydrogen-bond donors (Lipinski definition) is 0. The highest BCUT2D eigenvalue weighted by Crippen LogP contribution is 2.35. The minimum atomic E-state index is 0.440. The number of hydrogen-bond acceptors (Lipinski definition) is 1. The summed E-state index contributed by atoms with van der Waals surface area (Å²) in [6.07, 6.45) is 10.7. The number of nitrogens with zero attached hydrogens (tertiary/aromatic N) is 2. The number of unbranched alkanes of at least 4 members (excludes halogenated alkanes) is 1. The average Bonchev–Trinajstić information content (AvgIpc) is 3.17. The van der Waals surface area contributed by atoms with E-state index in [4.69, 9.17) is 0 Å². The van der Waals surface area contributed by atoms with Crippen LogP contribution in [-0.2, 0) is 6.42 Å². The van der Waals surface area contributed by atoms with E-state index in [1.54, 1.807) is 0 Å². The zero-order valence-electron chi connectivity index (χ0n) is 14.4. The van der Waals surface area contributed by atoms with Gasteiger partial charge in [0.2, 0.25) is 0 Å². The Bertz CT molecular complexity index is 689. The summed E-state index contributed by atoms with van der Waals surface area (Å²) in [7, 11) is 0. The Labute approximate surface area is 145 Å². The van der Waals surface area contributed by atoms with Crippen LogP contribution in [0.3, 0.4) is 0 Å². The summed E-state index contributed by atoms with van der Waals surface area (Å²) in [4.78, 5) is 4.30. The lowest BCUT2D eigenvalue weighted by molar-refractivity contribution is 0.372. The van der Waals surface area contributed by atoms with Crippen LogP contribution in [0.1, 0.15) is 49.3 Å². The van der Waals surface area contributed by atoms with Crippen molar-refractivity contribution in [3.05, 3.63) is 90.5 Å². The third-order valence-corrected chi connectivity index (χ3v) is 4.75. The molecule has 1 heterocycles. The summed E-state index contributed by atoms with van der Waals surface area (Å²) in [5, 5.41) is 0. The molecule has 2 atom stereocenters. The summed E-state index contributed by atoms with van der Waals surface area (Å²) < 4.78 is 2.30. The first-order chi connectivity index (χ1) is 11.9. The lowest BCUT2D eigenvalue weighted by Gasteiger charge is -2.29. The molecule has 2 heteroatoms. The second kappa shape index (κ2) is 8.49. The maximum Gasteiger partial charge on any atom is 0.0948 e. The van der Waals surface area contributed by atoms with Gasteiger partial charge in [-0.2, -0.15) is 0 Å². The maximum absolute atomic E-state index is 4.30. The predicted molar refractivity (Wildman–Crippen MR) is 100 cm³/mol. The minimum Gasteiger partial charge on any atom is -0.334 e. The molecule has 0 bridgehead atoms. The third-order valence-electron chi connectivity index (χ3n) is 4.75. The highest BCUT2D eigenvalue weighted by Gasteiger charge is 2.24. The Morgan fingerprint density at radius 2 is 1.67 bits per heavy atom. The van der Waals surface area contributed by atoms with Crippen LogP contribution in [0.2, 0.25) is 0 Å². The van der Waals surface area contributed by atoms with Gasteiger partial charge in [0, 0.05) is 24.4 Å². The average molecular weight is 318 g/mol. The van der Waals surface area contributed by atoms with E-state index >= 15 is 0 Å². The molecule has 24 heavy (non-hydrogen) atoms. The smallest absolute Gasteiger partial charge is 0.0948 e. The highest BCUT2D eigenvalue weighted by atomic mass is 15.1. The van der Waals surface area contributed by atoms with Gasteiger partial charge in [-0.15, -0.1) is 0 Å². The van der Waals surface area contributed by atoms with Gasteiger partial charge in [-0.05, 0) is 24.0 Å². The topological polar surface area (TPSA) is 17.8 Å². The van der Waals surface area contributed by atoms with Crippen LogP contribution >= 0.6 is 0 Å². The zero-order chi connectivity index (χ0) is 16.6. The summed E-state index contributed by atoms with van der Waals surface area (Å²) in [6.45, 7) is 2.26. The number of aromatic nitrogens is 2. The van der Waals surface area contributed by atoms with Crippen LogP contribution in [0, 0.1) is 0 Å². The number of rotatable bonds is 8. The second-order valence-corrected chi connectivity index (χ2v) is 6.43. The highest BCUT2D eigenvalue weighted by molar-refractivity contribution is 5.25. The van der Waals surface area contributed by atoms with Gasteiger partial charge in [0.25, 0.3) is 0 Å². The largest absolute Gasteiger partial charge is 0.334 e. The second-order valence-electron chi connectivity index (χ2n) is 6.43. The molecule has 0 amide bonds. The Morgan fingerprint density at radius 3 is 2.29 bits per heavy atom. The minimum absolute atomic E-state index is 0.440. The molecule has 0 aliphatic heterocycles. The number of imidazole rings is 1. The first kappa shape index (κ1) is 16.5. The van der Waals surface area contributed by atoms with Crippen molar-refractivity contribution in [1.29, 1.82) is 0 Å². The first-order valence-corrected chi connectivity index (χ1v) is 8.94. The standard InChI is InChI=1S/C22H26N2/c1-2-3-14-22(24-16-15-23-18-24)21(20-12-8-5-9-13-20)17-19-10-6-4-7-11-19/h4-13,15-16,18,21-22H,2-3,14,17H2,1H3. The molecule has 0 saturated carbocycles. The molecule has 0 radical (unpaired) electrons. The molecule has 0 aliphatic rings. The normalized spacial score (nSPS) is 13.5. The van der Waals surface area contributed by atoms with Crippen LogP contribution in [-0.4, -0.2) is 9.55 Å². The molecular formula is C22H26N2. The fraction of sp³-hybridized carbons (Fsp3) is 0.318. The van der Waals surface area contributed by atoms with Crippen molar-refractivity contribution >= 4 is 0 Å². The molecule has 0 saturated heterocycles. The van der Waals surface area contributed by atoms with E-state index in [2.05, 4.69) is 83.3 Å². The van der Waals surface area contributed by atoms with Crippen molar-refractivity contribution in [2.24, 2.45) is 0 Å². The van der Waals surface area contributed by atoms with E-state index in [9.17, 15) is 0 Å². The van der Waals surface area contributed by atoms with E-state index in [0.717, 1.165) is 6.42 Å². The molecular weight excluding hydrogens is 292 g/mol. The van der Waals surface area contributed by atoms with Crippen molar-refractivity contribution in [2.45, 2.75) is 44.6 Å². The van der Waals surface area contributed by atoms with Gasteiger partial charge in [0.1, 0.15) is 0 Å². The molecule has 0 fully saturated rings. The Balaban J connectivity index is 1.94. The molecule has 1 aromatic heterocycles. The summed E-state index contributed by atoms with van der Waals surface area (Å²) >= 11 is 0. The molecule has 2 nitrogen and oxygen atoms in total. The Morgan fingerprint density at radius 1 is 0.958 bits per heavy atom. The predicted octanol–water partition coefficient (Wildman–Crippen LogP) is 5.64. The van der Waals surface area contributed by atoms with Crippen LogP contribution in [0.5, 0.6) is 0 Å². The summed E-state index contributed by atoms with van der Waals surface area (Å²) in [5.41, 5.74) is 2.81. The molecule has 0 aliphatic carbocycles. The van der Waals surface area contributed by atoms with E-state index < -0.39 is 0 Å². The van der Waals surface area contributed by atoms with Crippen molar-refractivity contribution < 1.29 is 0 Å². The van der Waals surface area contributed by atoms with Gasteiger partial charge >= 0.3 is 0 Å². The van der Waals surface area contributed by atoms with E-state index in [1.165, 1.54) is 30.4 Å². The molecule has 2 aromatic carbocycles. The SMILES string of the molecule is CCCCC(C(Cc1ccccc1)c1ccccc1)n1ccnc1. The molecule has 3 aromatic rings. The van der Waals surface area contributed by atoms with Crippen LogP contribution < -0.4 is 0 Å². The lowest BCUT2D eigenvalue weighted by atomic mass is 9.83. The number of benzene rings is 2. The van der Waals surface area contributed by atoms with Crippen LogP contribution in [0.4, 0.5) is 0 Å². The van der Waals surface area contributed by atoms with Crippen molar-refractivity contribution in [3.63, 3.8) is 0 Å². The van der Waals surface area contributed by atoms with Gasteiger partial charge in [-0.25, -0.2) is 4.98 Å². The Hall–Kier alpha value is -2.35. The van der Waals surface area contributed by atoms with Crippen molar-refractivity contribution in [1.82, 2.24) is 9.55 Å². The van der Waals surface area contributed by atoms with Gasteiger partial charge in [0.15, 0.2) is 0 Å². The zero-order valence-corrected chi connectivity index (χ0v) is 14.4. The van der Waals surface area contributed by atoms with Crippen LogP contribution in [0.15, 0.2) is 79.4 Å². The monoisotopic (exact) mass is 318 g/mol. The van der Waals surface area contributed by atoms with Gasteiger partial charge in [0.05, 0.1) is 6.33 Å². The fourth-order valence-electron chi connectivity index (χ4n) is 3.48. The molecule has 124 valence electrons. The quantitative estimate of drug-likeness (QED) is 0.525. The van der Waals surface area contributed by atoms with Crippen LogP contribution in [0.25, 0.3) is 0 Å². The van der Waals surface area contributed by atoms with Gasteiger partial charge in [-0.1, -0.05) is 80.4 Å². The molecule has 0 N–H and O–H groups in total. The van der Waals surface area contributed by atoms with Gasteiger partial charge in [-0.3, -0.25) is 0 Å². The maximum atomic E-state index is 4.30. The van der Waals surface area contributed by atoms with Gasteiger partial charge < -0.3 is 4.57 Å². The Kier molecular flexibility index (Phi) is 5.84. The van der Waals surface area contributed by atoms with Crippen molar-refractivity contribution in [3.8, 4) is 0 Å². The summed E-state index contributed by atoms with van der Waals surface area (Å²) in [5.74, 6) is 0.453. The fourth-order valence-corrected chi connectivity index (χ4v) is 3.48. The van der Waals surface area contributed by atoms with E-state index in [-0.39, 0.29) is 0 Å². The van der Waals surface area contributed by atoms with E-state index in [1.807, 2.05) is 12.5 Å². The van der Waals surface area contributed by atoms with Crippen molar-refractivity contribution in [2.75, 3.05) is 0 Å². The first-order valence-electron chi connectivity index (χ1n) is 8.94. The third kappa shape index (κ3) is 4.14. The lowest BCUT2D eigenvalue weighted by Crippen LogP contribution is -2.19. The molecule has 2 unspecified atom stereocenters. The van der Waals surface area contributed by atoms with E-state index in [0.29, 0.717) is 12.0 Å². The summed E-state index contributed by atoms with van der Waals surface area (Å²) in [6, 6.07) is 22.2.